The van der Waals surface area contributed by atoms with Crippen molar-refractivity contribution in [3.8, 4) is 28.9 Å². The molecule has 0 saturated heterocycles. The topological polar surface area (TPSA) is 256 Å². The molecule has 3 N–H and O–H groups in total. The molecule has 406 valence electrons. The Kier molecular flexibility index (Phi) is 17.6. The molecule has 1 unspecified atom stereocenters. The molecular weight excluding hydrogens is 1230 g/mol. The van der Waals surface area contributed by atoms with Gasteiger partial charge in [0.25, 0.3) is 21.1 Å². The predicted molar refractivity (Wildman–Crippen MR) is 275 cm³/mol. The first-order chi connectivity index (χ1) is 35.7. The fraction of sp³-hybridized carbons (Fsp3) is 0.130. The molecule has 9 rings (SSSR count). The molecule has 0 saturated carbocycles. The van der Waals surface area contributed by atoms with Crippen LogP contribution in [0.15, 0.2) is 110 Å². The molecule has 6 aromatic heterocycles. The first kappa shape index (κ1) is 58.9. The SMILES string of the molecule is COc1nc(Br)c(F)cc1-n1c(=O)ccc2cc(S(=O)(=O)Nc3noc(C)c3C)ccc21.COc1nc(Br)c(F)cc1-n1c(=O)ccc2cc(S(=O)(=O)Oc3c(F)c(F)c(F)c(F)c3F)ccc21.Cc1onc(N)c1C.P. The van der Waals surface area contributed by atoms with E-state index in [1.54, 1.807) is 13.8 Å². The summed E-state index contributed by atoms with van der Waals surface area (Å²) in [7, 11) is -6.57. The van der Waals surface area contributed by atoms with Crippen molar-refractivity contribution in [1.82, 2.24) is 29.4 Å². The van der Waals surface area contributed by atoms with Gasteiger partial charge in [-0.1, -0.05) is 10.3 Å². The molecule has 1 atom stereocenters. The maximum absolute atomic E-state index is 14.2. The fourth-order valence-corrected chi connectivity index (χ4v) is 9.33. The average Bonchev–Trinajstić information content (AvgIpc) is 3.89. The molecule has 0 aliphatic rings. The van der Waals surface area contributed by atoms with Crippen molar-refractivity contribution in [3.05, 3.63) is 166 Å². The van der Waals surface area contributed by atoms with Gasteiger partial charge in [0.05, 0.1) is 30.1 Å². The van der Waals surface area contributed by atoms with E-state index in [1.807, 2.05) is 13.8 Å². The van der Waals surface area contributed by atoms with E-state index in [0.717, 1.165) is 52.3 Å². The van der Waals surface area contributed by atoms with Crippen LogP contribution in [0.1, 0.15) is 22.6 Å². The Bertz CT molecular complexity index is 4120. The molecule has 0 bridgehead atoms. The van der Waals surface area contributed by atoms with Crippen LogP contribution in [0.25, 0.3) is 33.2 Å². The van der Waals surface area contributed by atoms with Gasteiger partial charge >= 0.3 is 10.1 Å². The number of benzene rings is 3. The number of nitrogens with zero attached hydrogens (tertiary/aromatic N) is 6. The van der Waals surface area contributed by atoms with Crippen molar-refractivity contribution in [3.63, 3.8) is 0 Å². The average molecular weight is 1260 g/mol. The molecule has 0 spiro atoms. The van der Waals surface area contributed by atoms with E-state index in [9.17, 15) is 57.2 Å². The highest BCUT2D eigenvalue weighted by Gasteiger charge is 2.31. The van der Waals surface area contributed by atoms with E-state index in [0.29, 0.717) is 28.0 Å². The summed E-state index contributed by atoms with van der Waals surface area (Å²) < 4.78 is 176. The number of hydrogen-bond acceptors (Lipinski definition) is 16. The van der Waals surface area contributed by atoms with Gasteiger partial charge < -0.3 is 28.4 Å². The van der Waals surface area contributed by atoms with Gasteiger partial charge in [-0.05, 0) is 108 Å². The number of fused-ring (bicyclic) bond motifs is 2. The standard InChI is InChI=1S/C21H9BrF6N2O5S.C20H16BrFN4O5S.C5H8N2O.H3P/c1-34-21-12(7-10(23)20(22)29-21)30-11-4-3-9(6-8(11)2-5-13(30)31)36(32,33)35-19-17(27)15(25)14(24)16(26)18(19)28;1-10-11(2)31-24-19(10)25-32(28,29)13-5-6-15-12(8-13)4-7-17(27)26(15)16-9-14(22)18(21)23-20(16)30-3;1-3-4(2)8-7-5(3)6;/h2-7H,1H3;4-9H,1-3H3,(H,24,25);1-2H3,(H2,6,7);1H3. The lowest BCUT2D eigenvalue weighted by Crippen LogP contribution is -2.19. The summed E-state index contributed by atoms with van der Waals surface area (Å²) in [5.41, 5.74) is 5.99. The third-order valence-electron chi connectivity index (χ3n) is 10.9. The van der Waals surface area contributed by atoms with Gasteiger partial charge in [-0.15, -0.1) is 0 Å². The van der Waals surface area contributed by atoms with E-state index >= 15 is 0 Å². The number of halogens is 9. The van der Waals surface area contributed by atoms with Crippen LogP contribution >= 0.6 is 41.8 Å². The number of pyridine rings is 4. The number of aryl methyl sites for hydroxylation is 2. The molecule has 31 heteroatoms. The Labute approximate surface area is 449 Å². The number of nitrogens with two attached hydrogens (primary N) is 1. The summed E-state index contributed by atoms with van der Waals surface area (Å²) in [6, 6.07) is 14.0. The molecule has 9 aromatic rings. The van der Waals surface area contributed by atoms with Crippen LogP contribution < -0.4 is 35.2 Å². The van der Waals surface area contributed by atoms with Crippen molar-refractivity contribution in [2.45, 2.75) is 37.5 Å². The van der Waals surface area contributed by atoms with Gasteiger partial charge in [0.1, 0.15) is 37.0 Å². The largest absolute Gasteiger partial charge is 0.479 e. The number of sulfonamides is 1. The van der Waals surface area contributed by atoms with Crippen LogP contribution in [-0.4, -0.2) is 60.5 Å². The molecule has 0 amide bonds. The summed E-state index contributed by atoms with van der Waals surface area (Å²) in [6.07, 6.45) is 0. The van der Waals surface area contributed by atoms with Crippen molar-refractivity contribution >= 4 is 95.3 Å². The molecule has 0 aliphatic carbocycles. The Balaban J connectivity index is 0.000000216. The molecule has 0 aliphatic heterocycles. The minimum absolute atomic E-state index is 0. The van der Waals surface area contributed by atoms with Gasteiger partial charge in [0, 0.05) is 46.2 Å². The number of anilines is 2. The number of ether oxygens (including phenoxy) is 2. The second kappa shape index (κ2) is 23.1. The van der Waals surface area contributed by atoms with Gasteiger partial charge in [-0.2, -0.15) is 27.1 Å². The van der Waals surface area contributed by atoms with E-state index in [-0.39, 0.29) is 63.9 Å². The van der Waals surface area contributed by atoms with Crippen molar-refractivity contribution < 1.29 is 70.3 Å². The molecular formula is C46H36Br2F7N8O11PS2. The maximum atomic E-state index is 14.2. The number of nitrogens with one attached hydrogen (secondary N) is 1. The summed E-state index contributed by atoms with van der Waals surface area (Å²) in [5.74, 6) is -14.1. The Morgan fingerprint density at radius 1 is 0.597 bits per heavy atom. The highest BCUT2D eigenvalue weighted by molar-refractivity contribution is 9.10. The zero-order valence-corrected chi connectivity index (χ0v) is 46.3. The van der Waals surface area contributed by atoms with Crippen molar-refractivity contribution in [2.24, 2.45) is 0 Å². The van der Waals surface area contributed by atoms with Crippen LogP contribution in [0.3, 0.4) is 0 Å². The van der Waals surface area contributed by atoms with Crippen LogP contribution in [0.5, 0.6) is 17.5 Å². The summed E-state index contributed by atoms with van der Waals surface area (Å²) in [6.45, 7) is 7.06. The fourth-order valence-electron chi connectivity index (χ4n) is 6.72. The minimum atomic E-state index is -5.14. The number of aromatic nitrogens is 6. The lowest BCUT2D eigenvalue weighted by atomic mass is 10.2. The Morgan fingerprint density at radius 3 is 1.43 bits per heavy atom. The molecule has 3 aromatic carbocycles. The maximum Gasteiger partial charge on any atom is 0.339 e. The minimum Gasteiger partial charge on any atom is -0.479 e. The zero-order chi connectivity index (χ0) is 55.9. The molecule has 19 nitrogen and oxygen atoms in total. The number of hydrogen-bond donors (Lipinski definition) is 2. The summed E-state index contributed by atoms with van der Waals surface area (Å²) in [4.78, 5) is 32.3. The number of rotatable bonds is 10. The van der Waals surface area contributed by atoms with Crippen LogP contribution in [0, 0.1) is 68.4 Å². The first-order valence-electron chi connectivity index (χ1n) is 20.9. The zero-order valence-electron chi connectivity index (χ0n) is 40.1. The second-order valence-corrected chi connectivity index (χ2v) is 20.3. The van der Waals surface area contributed by atoms with Gasteiger partial charge in [-0.3, -0.25) is 23.4 Å². The molecule has 0 fully saturated rings. The van der Waals surface area contributed by atoms with E-state index < -0.39 is 82.6 Å². The molecule has 0 radical (unpaired) electrons. The van der Waals surface area contributed by atoms with Crippen molar-refractivity contribution in [1.29, 1.82) is 0 Å². The van der Waals surface area contributed by atoms with Gasteiger partial charge in [0.2, 0.25) is 46.6 Å². The van der Waals surface area contributed by atoms with Crippen LogP contribution in [0.4, 0.5) is 42.4 Å². The summed E-state index contributed by atoms with van der Waals surface area (Å²) in [5, 5.41) is 7.69. The predicted octanol–water partition coefficient (Wildman–Crippen LogP) is 9.39. The van der Waals surface area contributed by atoms with Gasteiger partial charge in [0.15, 0.2) is 23.3 Å². The Morgan fingerprint density at radius 2 is 1.03 bits per heavy atom. The van der Waals surface area contributed by atoms with Crippen molar-refractivity contribution in [2.75, 3.05) is 24.7 Å². The third kappa shape index (κ3) is 11.8. The van der Waals surface area contributed by atoms with E-state index in [2.05, 4.69) is 61.0 Å². The smallest absolute Gasteiger partial charge is 0.339 e. The lowest BCUT2D eigenvalue weighted by Gasteiger charge is -2.15. The lowest BCUT2D eigenvalue weighted by molar-refractivity contribution is 0.346. The van der Waals surface area contributed by atoms with Crippen LogP contribution in [-0.2, 0) is 20.1 Å². The summed E-state index contributed by atoms with van der Waals surface area (Å²) >= 11 is 5.88. The normalized spacial score (nSPS) is 11.3. The third-order valence-corrected chi connectivity index (χ3v) is 14.6. The number of methoxy groups -OCH3 is 2. The first-order valence-corrected chi connectivity index (χ1v) is 25.4. The number of nitrogen functional groups attached to an aromatic ring is 1. The van der Waals surface area contributed by atoms with Gasteiger partial charge in [-0.25, -0.2) is 40.3 Å². The Hall–Kier alpha value is -7.40. The monoisotopic (exact) mass is 1260 g/mol. The van der Waals surface area contributed by atoms with Crippen LogP contribution in [0.2, 0.25) is 0 Å². The second-order valence-electron chi connectivity index (χ2n) is 15.5. The highest BCUT2D eigenvalue weighted by atomic mass is 79.9. The molecule has 77 heavy (non-hydrogen) atoms. The van der Waals surface area contributed by atoms with E-state index in [1.165, 1.54) is 55.2 Å². The highest BCUT2D eigenvalue weighted by Crippen LogP contribution is 2.34. The quantitative estimate of drug-likeness (QED) is 0.0323. The van der Waals surface area contributed by atoms with E-state index in [4.69, 9.17) is 24.3 Å². The molecule has 6 heterocycles.